The first-order valence-corrected chi connectivity index (χ1v) is 10.3. The van der Waals surface area contributed by atoms with Gasteiger partial charge in [-0.05, 0) is 50.0 Å². The zero-order chi connectivity index (χ0) is 21.3. The van der Waals surface area contributed by atoms with Crippen LogP contribution in [0, 0.1) is 11.7 Å². The van der Waals surface area contributed by atoms with E-state index in [0.717, 1.165) is 49.7 Å². The maximum atomic E-state index is 13.9. The number of guanidine groups is 1. The lowest BCUT2D eigenvalue weighted by Gasteiger charge is -2.32. The Morgan fingerprint density at radius 3 is 2.50 bits per heavy atom. The molecule has 1 aliphatic rings. The summed E-state index contributed by atoms with van der Waals surface area (Å²) in [4.78, 5) is 6.64. The number of hydrogen-bond donors (Lipinski definition) is 2. The second-order valence-electron chi connectivity index (χ2n) is 7.46. The summed E-state index contributed by atoms with van der Waals surface area (Å²) in [6, 6.07) is 12.7. The Bertz CT molecular complexity index is 851. The van der Waals surface area contributed by atoms with Gasteiger partial charge < -0.3 is 20.1 Å². The van der Waals surface area contributed by atoms with E-state index in [2.05, 4.69) is 20.5 Å². The molecule has 0 bridgehead atoms. The molecule has 1 fully saturated rings. The molecule has 3 rings (SSSR count). The first kappa shape index (κ1) is 21.9. The van der Waals surface area contributed by atoms with E-state index < -0.39 is 0 Å². The summed E-state index contributed by atoms with van der Waals surface area (Å²) in [6.45, 7) is 3.47. The Labute approximate surface area is 178 Å². The van der Waals surface area contributed by atoms with Gasteiger partial charge in [0.1, 0.15) is 5.82 Å². The molecule has 2 aromatic carbocycles. The predicted octanol–water partition coefficient (Wildman–Crippen LogP) is 3.74. The SMILES string of the molecule is CN=C(NCC1CCN(Cc2ccccc2F)CC1)Nc1ccc(OC)c(OC)c1. The molecule has 0 amide bonds. The third-order valence-corrected chi connectivity index (χ3v) is 5.49. The fraction of sp³-hybridized carbons (Fsp3) is 0.435. The lowest BCUT2D eigenvalue weighted by atomic mass is 9.96. The molecule has 2 aromatic rings. The van der Waals surface area contributed by atoms with Crippen LogP contribution in [0.3, 0.4) is 0 Å². The number of halogens is 1. The van der Waals surface area contributed by atoms with E-state index in [1.165, 1.54) is 6.07 Å². The maximum absolute atomic E-state index is 13.9. The largest absolute Gasteiger partial charge is 0.493 e. The van der Waals surface area contributed by atoms with Gasteiger partial charge in [-0.2, -0.15) is 0 Å². The van der Waals surface area contributed by atoms with Crippen LogP contribution in [-0.4, -0.2) is 51.8 Å². The zero-order valence-corrected chi connectivity index (χ0v) is 18.0. The van der Waals surface area contributed by atoms with Crippen LogP contribution in [0.25, 0.3) is 0 Å². The molecule has 0 spiro atoms. The summed E-state index contributed by atoms with van der Waals surface area (Å²) in [5.41, 5.74) is 1.65. The highest BCUT2D eigenvalue weighted by Gasteiger charge is 2.20. The molecular weight excluding hydrogens is 383 g/mol. The van der Waals surface area contributed by atoms with E-state index in [1.807, 2.05) is 30.3 Å². The van der Waals surface area contributed by atoms with Crippen LogP contribution in [0.15, 0.2) is 47.5 Å². The molecule has 0 saturated carbocycles. The van der Waals surface area contributed by atoms with Gasteiger partial charge in [0.05, 0.1) is 14.2 Å². The smallest absolute Gasteiger partial charge is 0.195 e. The van der Waals surface area contributed by atoms with E-state index in [4.69, 9.17) is 9.47 Å². The molecule has 0 unspecified atom stereocenters. The number of nitrogens with one attached hydrogen (secondary N) is 2. The Morgan fingerprint density at radius 2 is 1.83 bits per heavy atom. The van der Waals surface area contributed by atoms with Crippen molar-refractivity contribution in [2.45, 2.75) is 19.4 Å². The Kier molecular flexibility index (Phi) is 7.90. The van der Waals surface area contributed by atoms with Crippen LogP contribution in [0.2, 0.25) is 0 Å². The van der Waals surface area contributed by atoms with Crippen LogP contribution in [-0.2, 0) is 6.54 Å². The molecule has 1 saturated heterocycles. The molecule has 0 radical (unpaired) electrons. The van der Waals surface area contributed by atoms with Crippen molar-refractivity contribution in [3.8, 4) is 11.5 Å². The van der Waals surface area contributed by atoms with Crippen LogP contribution < -0.4 is 20.1 Å². The van der Waals surface area contributed by atoms with Crippen LogP contribution >= 0.6 is 0 Å². The number of nitrogens with zero attached hydrogens (tertiary/aromatic N) is 2. The summed E-state index contributed by atoms with van der Waals surface area (Å²) in [5.74, 6) is 2.52. The standard InChI is InChI=1S/C23H31FN4O2/c1-25-23(27-19-8-9-21(29-2)22(14-19)30-3)26-15-17-10-12-28(13-11-17)16-18-6-4-5-7-20(18)24/h4-9,14,17H,10-13,15-16H2,1-3H3,(H2,25,26,27). The van der Waals surface area contributed by atoms with Gasteiger partial charge in [-0.1, -0.05) is 18.2 Å². The van der Waals surface area contributed by atoms with E-state index >= 15 is 0 Å². The van der Waals surface area contributed by atoms with E-state index in [0.29, 0.717) is 24.0 Å². The van der Waals surface area contributed by atoms with Crippen molar-refractivity contribution in [2.75, 3.05) is 46.2 Å². The number of piperidine rings is 1. The molecule has 0 aromatic heterocycles. The van der Waals surface area contributed by atoms with Crippen LogP contribution in [0.5, 0.6) is 11.5 Å². The van der Waals surface area contributed by atoms with Gasteiger partial charge in [0.2, 0.25) is 0 Å². The van der Waals surface area contributed by atoms with E-state index in [-0.39, 0.29) is 5.82 Å². The molecule has 162 valence electrons. The number of hydrogen-bond acceptors (Lipinski definition) is 4. The summed E-state index contributed by atoms with van der Waals surface area (Å²) in [5, 5.41) is 6.71. The van der Waals surface area contributed by atoms with Gasteiger partial charge in [0, 0.05) is 37.5 Å². The number of rotatable bonds is 7. The monoisotopic (exact) mass is 414 g/mol. The van der Waals surface area contributed by atoms with Gasteiger partial charge in [0.25, 0.3) is 0 Å². The van der Waals surface area contributed by atoms with Crippen molar-refractivity contribution in [2.24, 2.45) is 10.9 Å². The van der Waals surface area contributed by atoms with Crippen molar-refractivity contribution in [1.29, 1.82) is 0 Å². The van der Waals surface area contributed by atoms with Crippen molar-refractivity contribution in [3.05, 3.63) is 53.8 Å². The third kappa shape index (κ3) is 5.86. The Morgan fingerprint density at radius 1 is 1.10 bits per heavy atom. The number of benzene rings is 2. The quantitative estimate of drug-likeness (QED) is 0.534. The fourth-order valence-corrected chi connectivity index (χ4v) is 3.69. The molecular formula is C23H31FN4O2. The van der Waals surface area contributed by atoms with Crippen molar-refractivity contribution in [3.63, 3.8) is 0 Å². The average Bonchev–Trinajstić information content (AvgIpc) is 2.79. The highest BCUT2D eigenvalue weighted by atomic mass is 19.1. The van der Waals surface area contributed by atoms with Crippen molar-refractivity contribution < 1.29 is 13.9 Å². The second-order valence-corrected chi connectivity index (χ2v) is 7.46. The number of methoxy groups -OCH3 is 2. The molecule has 0 aliphatic carbocycles. The first-order chi connectivity index (χ1) is 14.6. The van der Waals surface area contributed by atoms with Gasteiger partial charge in [-0.15, -0.1) is 0 Å². The fourth-order valence-electron chi connectivity index (χ4n) is 3.69. The normalized spacial score (nSPS) is 15.7. The van der Waals surface area contributed by atoms with Gasteiger partial charge in [0.15, 0.2) is 17.5 Å². The summed E-state index contributed by atoms with van der Waals surface area (Å²) in [6.07, 6.45) is 2.16. The van der Waals surface area contributed by atoms with Gasteiger partial charge >= 0.3 is 0 Å². The summed E-state index contributed by atoms with van der Waals surface area (Å²) < 4.78 is 24.5. The Hall–Kier alpha value is -2.80. The molecule has 2 N–H and O–H groups in total. The molecule has 7 heteroatoms. The summed E-state index contributed by atoms with van der Waals surface area (Å²) in [7, 11) is 4.99. The predicted molar refractivity (Wildman–Crippen MR) is 119 cm³/mol. The molecule has 0 atom stereocenters. The molecule has 1 aliphatic heterocycles. The second kappa shape index (κ2) is 10.8. The minimum Gasteiger partial charge on any atom is -0.493 e. The van der Waals surface area contributed by atoms with Crippen molar-refractivity contribution >= 4 is 11.6 Å². The molecule has 30 heavy (non-hydrogen) atoms. The molecule has 1 heterocycles. The van der Waals surface area contributed by atoms with E-state index in [1.54, 1.807) is 27.3 Å². The number of likely N-dealkylation sites (tertiary alicyclic amines) is 1. The van der Waals surface area contributed by atoms with Crippen LogP contribution in [0.4, 0.5) is 10.1 Å². The molecule has 6 nitrogen and oxygen atoms in total. The lowest BCUT2D eigenvalue weighted by Crippen LogP contribution is -2.40. The Balaban J connectivity index is 1.45. The third-order valence-electron chi connectivity index (χ3n) is 5.49. The van der Waals surface area contributed by atoms with Gasteiger partial charge in [-0.3, -0.25) is 9.89 Å². The van der Waals surface area contributed by atoms with Crippen molar-refractivity contribution in [1.82, 2.24) is 10.2 Å². The number of anilines is 1. The van der Waals surface area contributed by atoms with E-state index in [9.17, 15) is 4.39 Å². The highest BCUT2D eigenvalue weighted by Crippen LogP contribution is 2.29. The minimum atomic E-state index is -0.119. The topological polar surface area (TPSA) is 58.1 Å². The maximum Gasteiger partial charge on any atom is 0.195 e. The van der Waals surface area contributed by atoms with Crippen LogP contribution in [0.1, 0.15) is 18.4 Å². The zero-order valence-electron chi connectivity index (χ0n) is 18.0. The first-order valence-electron chi connectivity index (χ1n) is 10.3. The minimum absolute atomic E-state index is 0.119. The van der Waals surface area contributed by atoms with Gasteiger partial charge in [-0.25, -0.2) is 4.39 Å². The average molecular weight is 415 g/mol. The highest BCUT2D eigenvalue weighted by molar-refractivity contribution is 5.93. The number of aliphatic imine (C=N–C) groups is 1. The summed E-state index contributed by atoms with van der Waals surface area (Å²) >= 11 is 0. The number of ether oxygens (including phenoxy) is 2. The lowest BCUT2D eigenvalue weighted by molar-refractivity contribution is 0.176.